The van der Waals surface area contributed by atoms with Gasteiger partial charge in [0.2, 0.25) is 0 Å². The zero-order chi connectivity index (χ0) is 4.41. The lowest BCUT2D eigenvalue weighted by molar-refractivity contribution is 0.832. The van der Waals surface area contributed by atoms with Crippen LogP contribution < -0.4 is 5.32 Å². The predicted octanol–water partition coefficient (Wildman–Crippen LogP) is 0.199. The Morgan fingerprint density at radius 3 is 2.67 bits per heavy atom. The summed E-state index contributed by atoms with van der Waals surface area (Å²) in [5.74, 6) is 0. The summed E-state index contributed by atoms with van der Waals surface area (Å²) in [7, 11) is 0. The van der Waals surface area contributed by atoms with Gasteiger partial charge in [-0.1, -0.05) is 11.6 Å². The van der Waals surface area contributed by atoms with Crippen molar-refractivity contribution in [2.24, 2.45) is 4.99 Å². The van der Waals surface area contributed by atoms with Crippen molar-refractivity contribution >= 4 is 16.8 Å². The van der Waals surface area contributed by atoms with Crippen LogP contribution in [0.1, 0.15) is 0 Å². The molecule has 0 aromatic carbocycles. The third-order valence-electron chi connectivity index (χ3n) is 0.585. The second kappa shape index (κ2) is 1.58. The molecule has 0 fully saturated rings. The zero-order valence-corrected chi connectivity index (χ0v) is 3.94. The third-order valence-corrected chi connectivity index (χ3v) is 0.824. The fraction of sp³-hybridized carbons (Fsp3) is 0.667. The maximum absolute atomic E-state index is 5.37. The summed E-state index contributed by atoms with van der Waals surface area (Å²) in [5.41, 5.74) is 0. The number of aliphatic imine (C=N–C) groups is 1. The van der Waals surface area contributed by atoms with Crippen LogP contribution in [0.5, 0.6) is 0 Å². The van der Waals surface area contributed by atoms with Crippen LogP contribution in [0.25, 0.3) is 0 Å². The molecular formula is C3H4ClN2. The summed E-state index contributed by atoms with van der Waals surface area (Å²) in [6.45, 7) is 1.19. The molecule has 0 atom stereocenters. The Morgan fingerprint density at radius 1 is 1.67 bits per heavy atom. The van der Waals surface area contributed by atoms with Crippen LogP contribution in [0.2, 0.25) is 0 Å². The number of nitrogens with zero attached hydrogens (tertiary/aromatic N) is 2. The molecule has 0 aliphatic carbocycles. The molecule has 0 saturated carbocycles. The molecule has 0 spiro atoms. The minimum atomic E-state index is 0.568. The first kappa shape index (κ1) is 4.09. The lowest BCUT2D eigenvalue weighted by atomic mass is 10.7. The van der Waals surface area contributed by atoms with Crippen LogP contribution in [0.3, 0.4) is 0 Å². The van der Waals surface area contributed by atoms with Crippen molar-refractivity contribution < 1.29 is 0 Å². The van der Waals surface area contributed by atoms with E-state index in [1.807, 2.05) is 0 Å². The van der Waals surface area contributed by atoms with Gasteiger partial charge in [0.1, 0.15) is 11.8 Å². The highest BCUT2D eigenvalue weighted by atomic mass is 35.5. The number of halogens is 1. The smallest absolute Gasteiger partial charge is 0.117 e. The summed E-state index contributed by atoms with van der Waals surface area (Å²) in [6, 6.07) is 0. The SMILES string of the molecule is ClC1=NC[N]C1. The van der Waals surface area contributed by atoms with E-state index < -0.39 is 0 Å². The maximum Gasteiger partial charge on any atom is 0.117 e. The quantitative estimate of drug-likeness (QED) is 0.419. The third kappa shape index (κ3) is 0.698. The molecule has 0 saturated heterocycles. The van der Waals surface area contributed by atoms with Gasteiger partial charge in [0, 0.05) is 0 Å². The van der Waals surface area contributed by atoms with Gasteiger partial charge in [-0.05, 0) is 0 Å². The number of hydrogen-bond donors (Lipinski definition) is 0. The van der Waals surface area contributed by atoms with Gasteiger partial charge in [0.05, 0.1) is 6.54 Å². The Labute approximate surface area is 41.2 Å². The van der Waals surface area contributed by atoms with Gasteiger partial charge in [0.25, 0.3) is 0 Å². The highest BCUT2D eigenvalue weighted by Crippen LogP contribution is 1.90. The maximum atomic E-state index is 5.37. The molecule has 0 amide bonds. The molecule has 33 valence electrons. The summed E-state index contributed by atoms with van der Waals surface area (Å²) < 4.78 is 0. The Hall–Kier alpha value is -0.0800. The van der Waals surface area contributed by atoms with Crippen LogP contribution in [-0.4, -0.2) is 18.4 Å². The molecule has 0 aromatic rings. The van der Waals surface area contributed by atoms with Gasteiger partial charge in [-0.25, -0.2) is 5.32 Å². The fourth-order valence-electron chi connectivity index (χ4n) is 0.319. The summed E-state index contributed by atoms with van der Waals surface area (Å²) in [6.07, 6.45) is 0. The first-order valence-electron chi connectivity index (χ1n) is 1.71. The highest BCUT2D eigenvalue weighted by Gasteiger charge is 1.99. The molecule has 0 bridgehead atoms. The van der Waals surface area contributed by atoms with Crippen molar-refractivity contribution in [3.63, 3.8) is 0 Å². The van der Waals surface area contributed by atoms with Crippen LogP contribution in [0.4, 0.5) is 0 Å². The molecular weight excluding hydrogens is 99.5 g/mol. The number of rotatable bonds is 0. The van der Waals surface area contributed by atoms with Crippen molar-refractivity contribution in [2.75, 3.05) is 13.2 Å². The molecule has 6 heavy (non-hydrogen) atoms. The van der Waals surface area contributed by atoms with Crippen molar-refractivity contribution in [1.29, 1.82) is 0 Å². The molecule has 1 aliphatic rings. The van der Waals surface area contributed by atoms with Gasteiger partial charge in [-0.3, -0.25) is 4.99 Å². The van der Waals surface area contributed by atoms with E-state index in [0.29, 0.717) is 18.4 Å². The molecule has 0 unspecified atom stereocenters. The van der Waals surface area contributed by atoms with E-state index in [0.717, 1.165) is 0 Å². The molecule has 1 aliphatic heterocycles. The average molecular weight is 104 g/mol. The largest absolute Gasteiger partial charge is 0.259 e. The van der Waals surface area contributed by atoms with E-state index in [2.05, 4.69) is 10.3 Å². The van der Waals surface area contributed by atoms with Crippen molar-refractivity contribution in [3.8, 4) is 0 Å². The van der Waals surface area contributed by atoms with E-state index >= 15 is 0 Å². The van der Waals surface area contributed by atoms with E-state index in [1.54, 1.807) is 0 Å². The van der Waals surface area contributed by atoms with Crippen molar-refractivity contribution in [1.82, 2.24) is 5.32 Å². The van der Waals surface area contributed by atoms with Gasteiger partial charge in [-0.2, -0.15) is 0 Å². The van der Waals surface area contributed by atoms with Gasteiger partial charge in [0.15, 0.2) is 0 Å². The molecule has 3 heteroatoms. The zero-order valence-electron chi connectivity index (χ0n) is 3.19. The van der Waals surface area contributed by atoms with Gasteiger partial charge < -0.3 is 0 Å². The fourth-order valence-corrected chi connectivity index (χ4v) is 0.457. The van der Waals surface area contributed by atoms with Gasteiger partial charge in [-0.15, -0.1) is 0 Å². The molecule has 0 N–H and O–H groups in total. The average Bonchev–Trinajstić information content (AvgIpc) is 1.86. The standard InChI is InChI=1S/C3H4ClN2/c4-3-1-5-2-6-3/h1-2H2. The molecule has 1 heterocycles. The van der Waals surface area contributed by atoms with E-state index in [9.17, 15) is 0 Å². The predicted molar refractivity (Wildman–Crippen MR) is 25.2 cm³/mol. The second-order valence-electron chi connectivity index (χ2n) is 1.06. The monoisotopic (exact) mass is 103 g/mol. The first-order chi connectivity index (χ1) is 2.89. The van der Waals surface area contributed by atoms with Crippen LogP contribution >= 0.6 is 11.6 Å². The van der Waals surface area contributed by atoms with Gasteiger partial charge >= 0.3 is 0 Å². The van der Waals surface area contributed by atoms with E-state index in [-0.39, 0.29) is 0 Å². The summed E-state index contributed by atoms with van der Waals surface area (Å²) in [4.78, 5) is 3.75. The Bertz CT molecular complexity index is 78.9. The molecule has 2 nitrogen and oxygen atoms in total. The van der Waals surface area contributed by atoms with Crippen LogP contribution in [0, 0.1) is 0 Å². The normalized spacial score (nSPS) is 21.2. The second-order valence-corrected chi connectivity index (χ2v) is 1.49. The van der Waals surface area contributed by atoms with E-state index in [1.165, 1.54) is 0 Å². The Balaban J connectivity index is 2.45. The van der Waals surface area contributed by atoms with Crippen molar-refractivity contribution in [2.45, 2.75) is 0 Å². The van der Waals surface area contributed by atoms with Crippen molar-refractivity contribution in [3.05, 3.63) is 0 Å². The molecule has 1 radical (unpaired) electrons. The molecule has 0 aromatic heterocycles. The Morgan fingerprint density at radius 2 is 2.50 bits per heavy atom. The van der Waals surface area contributed by atoms with Crippen LogP contribution in [0.15, 0.2) is 4.99 Å². The van der Waals surface area contributed by atoms with Crippen LogP contribution in [-0.2, 0) is 0 Å². The lowest BCUT2D eigenvalue weighted by Crippen LogP contribution is -1.99. The minimum absolute atomic E-state index is 0.568. The van der Waals surface area contributed by atoms with E-state index in [4.69, 9.17) is 11.6 Å². The summed E-state index contributed by atoms with van der Waals surface area (Å²) in [5, 5.41) is 4.46. The Kier molecular flexibility index (Phi) is 1.08. The molecule has 1 rings (SSSR count). The minimum Gasteiger partial charge on any atom is -0.259 e. The first-order valence-corrected chi connectivity index (χ1v) is 2.09. The highest BCUT2D eigenvalue weighted by molar-refractivity contribution is 6.66. The topological polar surface area (TPSA) is 26.5 Å². The lowest BCUT2D eigenvalue weighted by Gasteiger charge is -1.74. The number of hydrogen-bond acceptors (Lipinski definition) is 1. The summed E-state index contributed by atoms with van der Waals surface area (Å²) >= 11 is 5.37.